The van der Waals surface area contributed by atoms with Gasteiger partial charge in [-0.05, 0) is 30.5 Å². The Morgan fingerprint density at radius 3 is 2.33 bits per heavy atom. The molecule has 1 aliphatic rings. The van der Waals surface area contributed by atoms with Gasteiger partial charge in [0.2, 0.25) is 10.0 Å². The van der Waals surface area contributed by atoms with Gasteiger partial charge in [-0.2, -0.15) is 4.31 Å². The average molecular weight is 313 g/mol. The number of sulfonamides is 1. The number of methoxy groups -OCH3 is 1. The standard InChI is InChI=1S/C14H19NO5S/c1-20-12-6-8-15(9-7-12)21(18,19)13-4-2-11(3-5-13)10-14(16)17/h2-5,12H,6-10H2,1H3,(H,16,17). The second kappa shape index (κ2) is 6.55. The third-order valence-electron chi connectivity index (χ3n) is 3.65. The maximum absolute atomic E-state index is 12.5. The highest BCUT2D eigenvalue weighted by Crippen LogP contribution is 2.22. The van der Waals surface area contributed by atoms with E-state index in [1.165, 1.54) is 16.4 Å². The lowest BCUT2D eigenvalue weighted by atomic mass is 10.1. The lowest BCUT2D eigenvalue weighted by molar-refractivity contribution is -0.136. The number of carboxylic acid groups (broad SMARTS) is 1. The third kappa shape index (κ3) is 3.81. The second-order valence-corrected chi connectivity index (χ2v) is 6.99. The van der Waals surface area contributed by atoms with Crippen LogP contribution in [0.1, 0.15) is 18.4 Å². The van der Waals surface area contributed by atoms with Gasteiger partial charge >= 0.3 is 5.97 Å². The van der Waals surface area contributed by atoms with Crippen LogP contribution in [0.2, 0.25) is 0 Å². The van der Waals surface area contributed by atoms with E-state index >= 15 is 0 Å². The minimum Gasteiger partial charge on any atom is -0.481 e. The van der Waals surface area contributed by atoms with Gasteiger partial charge in [-0.25, -0.2) is 8.42 Å². The van der Waals surface area contributed by atoms with Gasteiger partial charge in [0.25, 0.3) is 0 Å². The highest BCUT2D eigenvalue weighted by Gasteiger charge is 2.29. The van der Waals surface area contributed by atoms with E-state index in [0.29, 0.717) is 31.5 Å². The number of ether oxygens (including phenoxy) is 1. The number of benzene rings is 1. The van der Waals surface area contributed by atoms with E-state index in [4.69, 9.17) is 9.84 Å². The average Bonchev–Trinajstić information content (AvgIpc) is 2.47. The van der Waals surface area contributed by atoms with Crippen molar-refractivity contribution >= 4 is 16.0 Å². The van der Waals surface area contributed by atoms with Crippen LogP contribution >= 0.6 is 0 Å². The van der Waals surface area contributed by atoms with Crippen LogP contribution in [-0.4, -0.2) is 50.1 Å². The summed E-state index contributed by atoms with van der Waals surface area (Å²) in [6, 6.07) is 6.03. The summed E-state index contributed by atoms with van der Waals surface area (Å²) in [7, 11) is -1.87. The first kappa shape index (κ1) is 15.9. The van der Waals surface area contributed by atoms with Crippen LogP contribution in [0, 0.1) is 0 Å². The number of piperidine rings is 1. The van der Waals surface area contributed by atoms with Gasteiger partial charge in [0.15, 0.2) is 0 Å². The summed E-state index contributed by atoms with van der Waals surface area (Å²) >= 11 is 0. The number of carbonyl (C=O) groups is 1. The number of nitrogens with zero attached hydrogens (tertiary/aromatic N) is 1. The Bertz CT molecular complexity index is 588. The van der Waals surface area contributed by atoms with Crippen molar-refractivity contribution in [2.24, 2.45) is 0 Å². The molecule has 0 spiro atoms. The summed E-state index contributed by atoms with van der Waals surface area (Å²) in [4.78, 5) is 10.8. The smallest absolute Gasteiger partial charge is 0.307 e. The molecule has 0 amide bonds. The SMILES string of the molecule is COC1CCN(S(=O)(=O)c2ccc(CC(=O)O)cc2)CC1. The summed E-state index contributed by atoms with van der Waals surface area (Å²) in [6.07, 6.45) is 1.38. The molecule has 0 atom stereocenters. The summed E-state index contributed by atoms with van der Waals surface area (Å²) in [5.74, 6) is -0.938. The van der Waals surface area contributed by atoms with E-state index in [0.717, 1.165) is 0 Å². The van der Waals surface area contributed by atoms with Crippen LogP contribution in [0.4, 0.5) is 0 Å². The Balaban J connectivity index is 2.11. The van der Waals surface area contributed by atoms with E-state index in [2.05, 4.69) is 0 Å². The molecular formula is C14H19NO5S. The molecule has 2 rings (SSSR count). The van der Waals surface area contributed by atoms with Gasteiger partial charge in [-0.3, -0.25) is 4.79 Å². The fourth-order valence-corrected chi connectivity index (χ4v) is 3.88. The zero-order valence-electron chi connectivity index (χ0n) is 11.9. The molecule has 0 aliphatic carbocycles. The van der Waals surface area contributed by atoms with Crippen LogP contribution in [-0.2, 0) is 26.0 Å². The Kier molecular flexibility index (Phi) is 4.97. The van der Waals surface area contributed by atoms with Gasteiger partial charge in [-0.1, -0.05) is 12.1 Å². The molecule has 1 N–H and O–H groups in total. The summed E-state index contributed by atoms with van der Waals surface area (Å²) in [5, 5.41) is 8.71. The van der Waals surface area contributed by atoms with E-state index in [1.54, 1.807) is 19.2 Å². The zero-order valence-corrected chi connectivity index (χ0v) is 12.7. The van der Waals surface area contributed by atoms with E-state index in [1.807, 2.05) is 0 Å². The molecule has 1 aromatic carbocycles. The minimum atomic E-state index is -3.51. The fourth-order valence-electron chi connectivity index (χ4n) is 2.41. The monoisotopic (exact) mass is 313 g/mol. The van der Waals surface area contributed by atoms with Crippen molar-refractivity contribution in [2.45, 2.75) is 30.3 Å². The van der Waals surface area contributed by atoms with E-state index < -0.39 is 16.0 Å². The predicted octanol–water partition coefficient (Wildman–Crippen LogP) is 1.11. The van der Waals surface area contributed by atoms with Gasteiger partial charge in [0.1, 0.15) is 0 Å². The minimum absolute atomic E-state index is 0.112. The fraction of sp³-hybridized carbons (Fsp3) is 0.500. The first-order valence-corrected chi connectivity index (χ1v) is 8.21. The zero-order chi connectivity index (χ0) is 15.5. The molecule has 0 bridgehead atoms. The van der Waals surface area contributed by atoms with Crippen LogP contribution in [0.15, 0.2) is 29.2 Å². The highest BCUT2D eigenvalue weighted by molar-refractivity contribution is 7.89. The first-order valence-electron chi connectivity index (χ1n) is 6.77. The molecule has 1 aromatic rings. The Hall–Kier alpha value is -1.44. The molecule has 1 heterocycles. The second-order valence-electron chi connectivity index (χ2n) is 5.05. The number of hydrogen-bond acceptors (Lipinski definition) is 4. The third-order valence-corrected chi connectivity index (χ3v) is 5.56. The summed E-state index contributed by atoms with van der Waals surface area (Å²) in [5.41, 5.74) is 0.583. The Morgan fingerprint density at radius 1 is 1.29 bits per heavy atom. The largest absolute Gasteiger partial charge is 0.481 e. The number of hydrogen-bond donors (Lipinski definition) is 1. The molecule has 6 nitrogen and oxygen atoms in total. The molecular weight excluding hydrogens is 294 g/mol. The van der Waals surface area contributed by atoms with Gasteiger partial charge < -0.3 is 9.84 Å². The molecule has 7 heteroatoms. The van der Waals surface area contributed by atoms with Crippen LogP contribution in [0.3, 0.4) is 0 Å². The quantitative estimate of drug-likeness (QED) is 0.880. The maximum Gasteiger partial charge on any atom is 0.307 e. The molecule has 0 radical (unpaired) electrons. The maximum atomic E-state index is 12.5. The number of rotatable bonds is 5. The van der Waals surface area contributed by atoms with Crippen molar-refractivity contribution in [3.8, 4) is 0 Å². The van der Waals surface area contributed by atoms with Crippen LogP contribution in [0.5, 0.6) is 0 Å². The predicted molar refractivity (Wildman–Crippen MR) is 76.6 cm³/mol. The molecule has 21 heavy (non-hydrogen) atoms. The topological polar surface area (TPSA) is 83.9 Å². The normalized spacial score (nSPS) is 17.8. The van der Waals surface area contributed by atoms with Crippen LogP contribution in [0.25, 0.3) is 0 Å². The summed E-state index contributed by atoms with van der Waals surface area (Å²) in [6.45, 7) is 0.884. The molecule has 1 fully saturated rings. The van der Waals surface area contributed by atoms with E-state index in [9.17, 15) is 13.2 Å². The van der Waals surface area contributed by atoms with Crippen molar-refractivity contribution in [3.05, 3.63) is 29.8 Å². The van der Waals surface area contributed by atoms with Gasteiger partial charge in [0.05, 0.1) is 17.4 Å². The van der Waals surface area contributed by atoms with Crippen molar-refractivity contribution in [1.29, 1.82) is 0 Å². The van der Waals surface area contributed by atoms with Crippen molar-refractivity contribution in [3.63, 3.8) is 0 Å². The van der Waals surface area contributed by atoms with Gasteiger partial charge in [0, 0.05) is 20.2 Å². The lowest BCUT2D eigenvalue weighted by Gasteiger charge is -2.30. The van der Waals surface area contributed by atoms with Crippen molar-refractivity contribution in [1.82, 2.24) is 4.31 Å². The van der Waals surface area contributed by atoms with Crippen molar-refractivity contribution in [2.75, 3.05) is 20.2 Å². The molecule has 1 saturated heterocycles. The number of aliphatic carboxylic acids is 1. The highest BCUT2D eigenvalue weighted by atomic mass is 32.2. The molecule has 0 saturated carbocycles. The molecule has 0 aromatic heterocycles. The number of carboxylic acids is 1. The van der Waals surface area contributed by atoms with Crippen LogP contribution < -0.4 is 0 Å². The van der Waals surface area contributed by atoms with E-state index in [-0.39, 0.29) is 17.4 Å². The lowest BCUT2D eigenvalue weighted by Crippen LogP contribution is -2.40. The Labute approximate surface area is 124 Å². The summed E-state index contributed by atoms with van der Waals surface area (Å²) < 4.78 is 31.7. The molecule has 1 aliphatic heterocycles. The van der Waals surface area contributed by atoms with Gasteiger partial charge in [-0.15, -0.1) is 0 Å². The Morgan fingerprint density at radius 2 is 1.86 bits per heavy atom. The van der Waals surface area contributed by atoms with Crippen molar-refractivity contribution < 1.29 is 23.1 Å². The molecule has 116 valence electrons. The molecule has 0 unspecified atom stereocenters. The first-order chi connectivity index (χ1) is 9.93.